The number of hydrogen-bond acceptors (Lipinski definition) is 7. The van der Waals surface area contributed by atoms with Gasteiger partial charge in [-0.05, 0) is 38.5 Å². The van der Waals surface area contributed by atoms with Gasteiger partial charge in [0.25, 0.3) is 0 Å². The van der Waals surface area contributed by atoms with Gasteiger partial charge in [0, 0.05) is 19.6 Å². The molecule has 0 rings (SSSR count). The summed E-state index contributed by atoms with van der Waals surface area (Å²) in [5, 5.41) is 0. The number of carbonyl (C=O) groups excluding carboxylic acids is 1. The number of hydrogen-bond donors (Lipinski definition) is 2. The van der Waals surface area contributed by atoms with E-state index in [1.54, 1.807) is 0 Å². The van der Waals surface area contributed by atoms with Crippen molar-refractivity contribution in [1.29, 1.82) is 0 Å². The molecule has 0 bridgehead atoms. The highest BCUT2D eigenvalue weighted by molar-refractivity contribution is 7.47. The summed E-state index contributed by atoms with van der Waals surface area (Å²) in [6.07, 6.45) is 43.7. The van der Waals surface area contributed by atoms with Crippen molar-refractivity contribution in [2.45, 2.75) is 225 Å². The molecule has 0 aromatic rings. The highest BCUT2D eigenvalue weighted by Crippen LogP contribution is 2.43. The van der Waals surface area contributed by atoms with Gasteiger partial charge in [-0.2, -0.15) is 0 Å². The SMILES string of the molecule is CCCCCCCCC/C=C\CCCCCCCCOCC(COP(=O)(O)OCCN)OC(=O)CCCCCCCCCCCCCCCCCC. The zero-order valence-electron chi connectivity index (χ0n) is 34.3. The maximum Gasteiger partial charge on any atom is 0.472 e. The molecule has 0 spiro atoms. The van der Waals surface area contributed by atoms with E-state index in [-0.39, 0.29) is 32.3 Å². The third kappa shape index (κ3) is 40.4. The van der Waals surface area contributed by atoms with Gasteiger partial charge in [-0.3, -0.25) is 13.8 Å². The maximum atomic E-state index is 12.6. The average molecular weight is 760 g/mol. The summed E-state index contributed by atoms with van der Waals surface area (Å²) in [6.45, 7) is 4.95. The minimum atomic E-state index is -4.27. The molecule has 3 N–H and O–H groups in total. The van der Waals surface area contributed by atoms with Gasteiger partial charge in [-0.15, -0.1) is 0 Å². The highest BCUT2D eigenvalue weighted by atomic mass is 31.2. The lowest BCUT2D eigenvalue weighted by atomic mass is 10.0. The fraction of sp³-hybridized carbons (Fsp3) is 0.930. The third-order valence-electron chi connectivity index (χ3n) is 9.68. The smallest absolute Gasteiger partial charge is 0.457 e. The summed E-state index contributed by atoms with van der Waals surface area (Å²) in [4.78, 5) is 22.5. The molecule has 0 saturated heterocycles. The summed E-state index contributed by atoms with van der Waals surface area (Å²) in [6, 6.07) is 0. The first-order valence-corrected chi connectivity index (χ1v) is 23.7. The van der Waals surface area contributed by atoms with Crippen molar-refractivity contribution in [3.05, 3.63) is 12.2 Å². The van der Waals surface area contributed by atoms with Crippen molar-refractivity contribution in [1.82, 2.24) is 0 Å². The van der Waals surface area contributed by atoms with Crippen LogP contribution in [0.25, 0.3) is 0 Å². The fourth-order valence-corrected chi connectivity index (χ4v) is 7.17. The Kier molecular flexibility index (Phi) is 40.8. The first-order valence-electron chi connectivity index (χ1n) is 22.2. The summed E-state index contributed by atoms with van der Waals surface area (Å²) in [5.41, 5.74) is 5.37. The number of allylic oxidation sites excluding steroid dienone is 2. The van der Waals surface area contributed by atoms with Crippen molar-refractivity contribution in [3.63, 3.8) is 0 Å². The summed E-state index contributed by atoms with van der Waals surface area (Å²) < 4.78 is 33.4. The number of unbranched alkanes of at least 4 members (excludes halogenated alkanes) is 28. The van der Waals surface area contributed by atoms with Crippen LogP contribution < -0.4 is 5.73 Å². The van der Waals surface area contributed by atoms with Crippen LogP contribution in [0.4, 0.5) is 0 Å². The predicted molar refractivity (Wildman–Crippen MR) is 220 cm³/mol. The van der Waals surface area contributed by atoms with Crippen LogP contribution >= 0.6 is 7.82 Å². The second kappa shape index (κ2) is 41.4. The van der Waals surface area contributed by atoms with Crippen LogP contribution in [0.2, 0.25) is 0 Å². The van der Waals surface area contributed by atoms with Crippen molar-refractivity contribution >= 4 is 13.8 Å². The number of rotatable bonds is 43. The van der Waals surface area contributed by atoms with Crippen LogP contribution in [-0.4, -0.2) is 49.9 Å². The van der Waals surface area contributed by atoms with Crippen molar-refractivity contribution in [2.24, 2.45) is 5.73 Å². The van der Waals surface area contributed by atoms with Crippen molar-refractivity contribution in [2.75, 3.05) is 33.0 Å². The molecular weight excluding hydrogens is 673 g/mol. The lowest BCUT2D eigenvalue weighted by Gasteiger charge is -2.20. The van der Waals surface area contributed by atoms with Crippen LogP contribution in [0.1, 0.15) is 219 Å². The Balaban J connectivity index is 3.99. The fourth-order valence-electron chi connectivity index (χ4n) is 6.40. The molecule has 0 heterocycles. The Bertz CT molecular complexity index is 812. The number of nitrogens with two attached hydrogens (primary N) is 1. The van der Waals surface area contributed by atoms with Crippen LogP contribution in [0, 0.1) is 0 Å². The molecule has 2 unspecified atom stereocenters. The predicted octanol–water partition coefficient (Wildman–Crippen LogP) is 13.1. The van der Waals surface area contributed by atoms with Gasteiger partial charge in [0.1, 0.15) is 6.10 Å². The van der Waals surface area contributed by atoms with Crippen LogP contribution in [-0.2, 0) is 27.9 Å². The normalized spacial score (nSPS) is 13.5. The van der Waals surface area contributed by atoms with Gasteiger partial charge in [0.2, 0.25) is 0 Å². The Labute approximate surface area is 322 Å². The summed E-state index contributed by atoms with van der Waals surface area (Å²) >= 11 is 0. The molecule has 0 aliphatic carbocycles. The topological polar surface area (TPSA) is 117 Å². The monoisotopic (exact) mass is 760 g/mol. The van der Waals surface area contributed by atoms with Gasteiger partial charge in [0.15, 0.2) is 0 Å². The largest absolute Gasteiger partial charge is 0.472 e. The van der Waals surface area contributed by atoms with E-state index in [0.717, 1.165) is 32.1 Å². The zero-order chi connectivity index (χ0) is 38.1. The molecule has 0 aromatic carbocycles. The van der Waals surface area contributed by atoms with Gasteiger partial charge in [0.05, 0.1) is 19.8 Å². The quantitative estimate of drug-likeness (QED) is 0.0273. The zero-order valence-corrected chi connectivity index (χ0v) is 35.2. The van der Waals surface area contributed by atoms with Crippen LogP contribution in [0.5, 0.6) is 0 Å². The molecule has 0 amide bonds. The van der Waals surface area contributed by atoms with Gasteiger partial charge >= 0.3 is 13.8 Å². The van der Waals surface area contributed by atoms with Gasteiger partial charge in [-0.1, -0.05) is 187 Å². The molecule has 0 radical (unpaired) electrons. The molecule has 310 valence electrons. The molecule has 2 atom stereocenters. The van der Waals surface area contributed by atoms with Crippen LogP contribution in [0.15, 0.2) is 12.2 Å². The Morgan fingerprint density at radius 1 is 0.558 bits per heavy atom. The lowest BCUT2D eigenvalue weighted by molar-refractivity contribution is -0.154. The Morgan fingerprint density at radius 3 is 1.40 bits per heavy atom. The van der Waals surface area contributed by atoms with E-state index in [1.807, 2.05) is 0 Å². The molecule has 0 aliphatic rings. The standard InChI is InChI=1S/C43H86NO7P/c1-3-5-7-9-11-13-15-17-19-21-23-25-27-29-31-33-35-38-48-40-42(41-50-52(46,47)49-39-37-44)51-43(45)36-34-32-30-28-26-24-22-20-18-16-14-12-10-8-6-4-2/h19,21,42H,3-18,20,22-41,44H2,1-2H3,(H,46,47)/b21-19-. The van der Waals surface area contributed by atoms with Crippen molar-refractivity contribution < 1.29 is 32.8 Å². The molecule has 9 heteroatoms. The van der Waals surface area contributed by atoms with E-state index in [4.69, 9.17) is 24.3 Å². The van der Waals surface area contributed by atoms with Crippen LogP contribution in [0.3, 0.4) is 0 Å². The van der Waals surface area contributed by atoms with E-state index >= 15 is 0 Å². The second-order valence-electron chi connectivity index (χ2n) is 14.9. The molecule has 52 heavy (non-hydrogen) atoms. The number of carbonyl (C=O) groups is 1. The number of phosphoric acid groups is 1. The number of phosphoric ester groups is 1. The van der Waals surface area contributed by atoms with Crippen molar-refractivity contribution in [3.8, 4) is 0 Å². The third-order valence-corrected chi connectivity index (χ3v) is 10.7. The maximum absolute atomic E-state index is 12.6. The lowest BCUT2D eigenvalue weighted by Crippen LogP contribution is -2.28. The minimum absolute atomic E-state index is 0.0933. The molecular formula is C43H86NO7P. The Morgan fingerprint density at radius 2 is 0.962 bits per heavy atom. The molecule has 0 aliphatic heterocycles. The number of ether oxygens (including phenoxy) is 2. The average Bonchev–Trinajstić information content (AvgIpc) is 3.13. The number of esters is 1. The van der Waals surface area contributed by atoms with E-state index < -0.39 is 13.9 Å². The summed E-state index contributed by atoms with van der Waals surface area (Å²) in [5.74, 6) is -0.328. The van der Waals surface area contributed by atoms with E-state index in [9.17, 15) is 14.3 Å². The minimum Gasteiger partial charge on any atom is -0.457 e. The Hall–Kier alpha value is -0.760. The molecule has 0 aromatic heterocycles. The first kappa shape index (κ1) is 51.2. The van der Waals surface area contributed by atoms with E-state index in [2.05, 4.69) is 26.0 Å². The second-order valence-corrected chi connectivity index (χ2v) is 16.4. The first-order chi connectivity index (χ1) is 25.4. The molecule has 0 fully saturated rings. The summed E-state index contributed by atoms with van der Waals surface area (Å²) in [7, 11) is -4.27. The molecule has 8 nitrogen and oxygen atoms in total. The van der Waals surface area contributed by atoms with E-state index in [1.165, 1.54) is 167 Å². The van der Waals surface area contributed by atoms with Gasteiger partial charge < -0.3 is 20.1 Å². The molecule has 0 saturated carbocycles. The van der Waals surface area contributed by atoms with E-state index in [0.29, 0.717) is 13.0 Å². The van der Waals surface area contributed by atoms with Gasteiger partial charge in [-0.25, -0.2) is 4.57 Å². The highest BCUT2D eigenvalue weighted by Gasteiger charge is 2.25.